The fraction of sp³-hybridized carbons (Fsp3) is 0.562. The molecule has 2 rings (SSSR count). The van der Waals surface area contributed by atoms with Gasteiger partial charge in [0.05, 0.1) is 6.07 Å². The number of nitrogens with one attached hydrogen (secondary N) is 1. The highest BCUT2D eigenvalue weighted by Gasteiger charge is 2.31. The Bertz CT molecular complexity index is 482. The van der Waals surface area contributed by atoms with Crippen molar-refractivity contribution in [2.75, 3.05) is 5.75 Å². The fourth-order valence-electron chi connectivity index (χ4n) is 2.16. The number of nitrogens with zero attached hydrogens (tertiary/aromatic N) is 1. The van der Waals surface area contributed by atoms with Crippen LogP contribution in [0.2, 0.25) is 0 Å². The van der Waals surface area contributed by atoms with E-state index in [0.717, 1.165) is 25.0 Å². The van der Waals surface area contributed by atoms with Crippen LogP contribution < -0.4 is 5.32 Å². The van der Waals surface area contributed by atoms with Gasteiger partial charge in [-0.3, -0.25) is 5.32 Å². The third kappa shape index (κ3) is 5.12. The topological polar surface area (TPSA) is 35.8 Å². The molecule has 1 aliphatic carbocycles. The van der Waals surface area contributed by atoms with Crippen LogP contribution in [0.3, 0.4) is 0 Å². The second-order valence-electron chi connectivity index (χ2n) is 5.60. The Morgan fingerprint density at radius 1 is 1.40 bits per heavy atom. The zero-order valence-electron chi connectivity index (χ0n) is 11.9. The predicted octanol–water partition coefficient (Wildman–Crippen LogP) is 4.75. The lowest BCUT2D eigenvalue weighted by Crippen LogP contribution is -2.42. The van der Waals surface area contributed by atoms with Crippen molar-refractivity contribution in [1.29, 1.82) is 5.26 Å². The smallest absolute Gasteiger partial charge is 0.104 e. The molecule has 2 nitrogen and oxygen atoms in total. The van der Waals surface area contributed by atoms with Crippen molar-refractivity contribution in [3.05, 3.63) is 28.7 Å². The van der Waals surface area contributed by atoms with Crippen LogP contribution >= 0.6 is 27.7 Å². The van der Waals surface area contributed by atoms with Crippen LogP contribution in [0.25, 0.3) is 0 Å². The molecule has 1 atom stereocenters. The molecule has 0 heterocycles. The summed E-state index contributed by atoms with van der Waals surface area (Å²) < 4.78 is 1.17. The number of nitriles is 1. The minimum atomic E-state index is -0.334. The number of unbranched alkanes of at least 4 members (excludes halogenated alkanes) is 1. The van der Waals surface area contributed by atoms with Crippen molar-refractivity contribution < 1.29 is 0 Å². The molecule has 108 valence electrons. The molecular formula is C16H21BrN2S. The molecule has 1 aliphatic rings. The highest BCUT2D eigenvalue weighted by atomic mass is 79.9. The van der Waals surface area contributed by atoms with Gasteiger partial charge in [0.1, 0.15) is 5.54 Å². The summed E-state index contributed by atoms with van der Waals surface area (Å²) in [4.78, 5) is 1.30. The Morgan fingerprint density at radius 2 is 2.15 bits per heavy atom. The molecule has 4 heteroatoms. The molecule has 1 saturated carbocycles. The first-order valence-electron chi connectivity index (χ1n) is 7.19. The monoisotopic (exact) mass is 352 g/mol. The van der Waals surface area contributed by atoms with Gasteiger partial charge in [0.2, 0.25) is 0 Å². The van der Waals surface area contributed by atoms with E-state index in [1.54, 1.807) is 0 Å². The average molecular weight is 353 g/mol. The Kier molecular flexibility index (Phi) is 5.95. The highest BCUT2D eigenvalue weighted by Crippen LogP contribution is 2.29. The largest absolute Gasteiger partial charge is 0.297 e. The molecule has 0 saturated heterocycles. The van der Waals surface area contributed by atoms with Crippen LogP contribution in [0.5, 0.6) is 0 Å². The van der Waals surface area contributed by atoms with Crippen molar-refractivity contribution in [3.63, 3.8) is 0 Å². The van der Waals surface area contributed by atoms with Crippen LogP contribution in [0.1, 0.15) is 39.0 Å². The molecular weight excluding hydrogens is 332 g/mol. The van der Waals surface area contributed by atoms with E-state index in [1.807, 2.05) is 24.8 Å². The van der Waals surface area contributed by atoms with E-state index in [0.29, 0.717) is 6.04 Å². The number of halogens is 1. The Labute approximate surface area is 134 Å². The van der Waals surface area contributed by atoms with Crippen molar-refractivity contribution in [3.8, 4) is 6.07 Å². The van der Waals surface area contributed by atoms with E-state index < -0.39 is 0 Å². The summed E-state index contributed by atoms with van der Waals surface area (Å²) in [5.74, 6) is 1.10. The van der Waals surface area contributed by atoms with Gasteiger partial charge in [0.15, 0.2) is 0 Å². The molecule has 0 aromatic heterocycles. The van der Waals surface area contributed by atoms with Crippen LogP contribution in [-0.4, -0.2) is 17.3 Å². The van der Waals surface area contributed by atoms with E-state index in [-0.39, 0.29) is 5.54 Å². The lowest BCUT2D eigenvalue weighted by atomic mass is 9.96. The SMILES string of the molecule is CC(C#N)(CCCCSc1ccccc1Br)NC1CC1. The maximum absolute atomic E-state index is 9.31. The van der Waals surface area contributed by atoms with E-state index in [2.05, 4.69) is 45.5 Å². The summed E-state index contributed by atoms with van der Waals surface area (Å²) in [5, 5.41) is 12.8. The predicted molar refractivity (Wildman–Crippen MR) is 88.9 cm³/mol. The average Bonchev–Trinajstić information content (AvgIpc) is 3.24. The van der Waals surface area contributed by atoms with Gasteiger partial charge in [-0.2, -0.15) is 5.26 Å². The zero-order chi connectivity index (χ0) is 14.4. The molecule has 0 bridgehead atoms. The minimum Gasteiger partial charge on any atom is -0.297 e. The van der Waals surface area contributed by atoms with E-state index in [4.69, 9.17) is 0 Å². The van der Waals surface area contributed by atoms with Gasteiger partial charge in [0, 0.05) is 15.4 Å². The van der Waals surface area contributed by atoms with Crippen molar-refractivity contribution in [2.45, 2.75) is 55.5 Å². The second kappa shape index (κ2) is 7.49. The van der Waals surface area contributed by atoms with Gasteiger partial charge in [-0.1, -0.05) is 12.1 Å². The molecule has 1 aromatic carbocycles. The standard InChI is InChI=1S/C16H21BrN2S/c1-16(12-18,19-13-8-9-13)10-4-5-11-20-15-7-3-2-6-14(15)17/h2-3,6-7,13,19H,4-5,8-11H2,1H3. The van der Waals surface area contributed by atoms with E-state index in [1.165, 1.54) is 22.2 Å². The van der Waals surface area contributed by atoms with Crippen LogP contribution in [0.15, 0.2) is 33.6 Å². The molecule has 1 unspecified atom stereocenters. The van der Waals surface area contributed by atoms with Crippen molar-refractivity contribution in [2.24, 2.45) is 0 Å². The number of hydrogen-bond acceptors (Lipinski definition) is 3. The molecule has 20 heavy (non-hydrogen) atoms. The number of hydrogen-bond donors (Lipinski definition) is 1. The first-order chi connectivity index (χ1) is 9.63. The van der Waals surface area contributed by atoms with Gasteiger partial charge in [-0.15, -0.1) is 11.8 Å². The minimum absolute atomic E-state index is 0.334. The van der Waals surface area contributed by atoms with Crippen molar-refractivity contribution in [1.82, 2.24) is 5.32 Å². The summed E-state index contributed by atoms with van der Waals surface area (Å²) in [6, 6.07) is 11.4. The lowest BCUT2D eigenvalue weighted by molar-refractivity contribution is 0.402. The number of thioether (sulfide) groups is 1. The van der Waals surface area contributed by atoms with E-state index in [9.17, 15) is 5.26 Å². The second-order valence-corrected chi connectivity index (χ2v) is 7.59. The molecule has 0 aliphatic heterocycles. The maximum Gasteiger partial charge on any atom is 0.104 e. The summed E-state index contributed by atoms with van der Waals surface area (Å²) in [5.41, 5.74) is -0.334. The van der Waals surface area contributed by atoms with Crippen LogP contribution in [0, 0.1) is 11.3 Å². The highest BCUT2D eigenvalue weighted by molar-refractivity contribution is 9.10. The quantitative estimate of drug-likeness (QED) is 0.541. The van der Waals surface area contributed by atoms with Gasteiger partial charge >= 0.3 is 0 Å². The molecule has 0 amide bonds. The first kappa shape index (κ1) is 15.9. The maximum atomic E-state index is 9.31. The van der Waals surface area contributed by atoms with Crippen LogP contribution in [-0.2, 0) is 0 Å². The third-order valence-electron chi connectivity index (χ3n) is 3.51. The Balaban J connectivity index is 1.66. The Hall–Kier alpha value is -0.500. The van der Waals surface area contributed by atoms with Crippen molar-refractivity contribution >= 4 is 27.7 Å². The molecule has 0 spiro atoms. The molecule has 1 fully saturated rings. The van der Waals surface area contributed by atoms with Crippen LogP contribution in [0.4, 0.5) is 0 Å². The summed E-state index contributed by atoms with van der Waals surface area (Å²) in [7, 11) is 0. The number of rotatable bonds is 8. The molecule has 0 radical (unpaired) electrons. The van der Waals surface area contributed by atoms with Gasteiger partial charge < -0.3 is 0 Å². The third-order valence-corrected chi connectivity index (χ3v) is 5.63. The normalized spacial score (nSPS) is 17.4. The summed E-state index contributed by atoms with van der Waals surface area (Å²) in [6.45, 7) is 2.03. The molecule has 1 N–H and O–H groups in total. The van der Waals surface area contributed by atoms with Gasteiger partial charge in [-0.05, 0) is 72.8 Å². The lowest BCUT2D eigenvalue weighted by Gasteiger charge is -2.23. The van der Waals surface area contributed by atoms with Gasteiger partial charge in [0.25, 0.3) is 0 Å². The first-order valence-corrected chi connectivity index (χ1v) is 8.97. The van der Waals surface area contributed by atoms with E-state index >= 15 is 0 Å². The fourth-order valence-corrected chi connectivity index (χ4v) is 3.74. The summed E-state index contributed by atoms with van der Waals surface area (Å²) in [6.07, 6.45) is 5.65. The molecule has 1 aromatic rings. The number of benzene rings is 1. The summed E-state index contributed by atoms with van der Waals surface area (Å²) >= 11 is 5.45. The van der Waals surface area contributed by atoms with Gasteiger partial charge in [-0.25, -0.2) is 0 Å². The Morgan fingerprint density at radius 3 is 2.80 bits per heavy atom. The zero-order valence-corrected chi connectivity index (χ0v) is 14.3.